The second-order valence-corrected chi connectivity index (χ2v) is 4.30. The normalized spacial score (nSPS) is 10.7. The Morgan fingerprint density at radius 1 is 1.14 bits per heavy atom. The highest BCUT2D eigenvalue weighted by atomic mass is 127. The van der Waals surface area contributed by atoms with Gasteiger partial charge in [-0.3, -0.25) is 9.97 Å². The third-order valence-corrected chi connectivity index (χ3v) is 2.73. The maximum absolute atomic E-state index is 13.5. The number of nitrogens with zero attached hydrogens (tertiary/aromatic N) is 3. The van der Waals surface area contributed by atoms with Gasteiger partial charge < -0.3 is 10.6 Å². The van der Waals surface area contributed by atoms with E-state index in [2.05, 4.69) is 25.6 Å². The van der Waals surface area contributed by atoms with E-state index in [1.54, 1.807) is 18.5 Å². The van der Waals surface area contributed by atoms with Gasteiger partial charge in [0.05, 0.1) is 24.5 Å². The van der Waals surface area contributed by atoms with E-state index in [4.69, 9.17) is 0 Å². The van der Waals surface area contributed by atoms with Crippen LogP contribution < -0.4 is 10.6 Å². The lowest BCUT2D eigenvalue weighted by Crippen LogP contribution is -2.37. The molecular weight excluding hydrogens is 396 g/mol. The van der Waals surface area contributed by atoms with Crippen LogP contribution in [0.2, 0.25) is 0 Å². The maximum atomic E-state index is 13.5. The zero-order valence-corrected chi connectivity index (χ0v) is 14.6. The van der Waals surface area contributed by atoms with Gasteiger partial charge in [-0.25, -0.2) is 9.38 Å². The Morgan fingerprint density at radius 2 is 1.95 bits per heavy atom. The predicted molar refractivity (Wildman–Crippen MR) is 95.5 cm³/mol. The molecule has 7 heteroatoms. The monoisotopic (exact) mass is 415 g/mol. The third kappa shape index (κ3) is 5.92. The summed E-state index contributed by atoms with van der Waals surface area (Å²) >= 11 is 0. The molecule has 0 saturated carbocycles. The van der Waals surface area contributed by atoms with Crippen molar-refractivity contribution in [1.29, 1.82) is 0 Å². The molecule has 2 aromatic rings. The second kappa shape index (κ2) is 10.0. The Bertz CT molecular complexity index is 591. The molecule has 0 bridgehead atoms. The Morgan fingerprint density at radius 3 is 2.64 bits per heavy atom. The molecule has 0 saturated heterocycles. The third-order valence-electron chi connectivity index (χ3n) is 2.73. The van der Waals surface area contributed by atoms with Crippen molar-refractivity contribution < 1.29 is 4.39 Å². The molecule has 2 heterocycles. The maximum Gasteiger partial charge on any atom is 0.191 e. The molecule has 118 valence electrons. The average Bonchev–Trinajstić information content (AvgIpc) is 2.52. The summed E-state index contributed by atoms with van der Waals surface area (Å²) in [5.41, 5.74) is 1.24. The van der Waals surface area contributed by atoms with Crippen molar-refractivity contribution in [2.24, 2.45) is 4.99 Å². The molecular formula is C15H19FIN5. The van der Waals surface area contributed by atoms with Crippen LogP contribution in [0, 0.1) is 5.82 Å². The van der Waals surface area contributed by atoms with E-state index in [9.17, 15) is 4.39 Å². The summed E-state index contributed by atoms with van der Waals surface area (Å²) in [7, 11) is 0. The topological polar surface area (TPSA) is 62.2 Å². The second-order valence-electron chi connectivity index (χ2n) is 4.30. The van der Waals surface area contributed by atoms with E-state index in [1.165, 1.54) is 6.07 Å². The van der Waals surface area contributed by atoms with Crippen molar-refractivity contribution in [2.75, 3.05) is 6.54 Å². The Kier molecular flexibility index (Phi) is 8.34. The fraction of sp³-hybridized carbons (Fsp3) is 0.267. The first kappa shape index (κ1) is 18.3. The quantitative estimate of drug-likeness (QED) is 0.448. The lowest BCUT2D eigenvalue weighted by molar-refractivity contribution is 0.592. The molecule has 5 nitrogen and oxygen atoms in total. The van der Waals surface area contributed by atoms with Gasteiger partial charge in [-0.2, -0.15) is 0 Å². The van der Waals surface area contributed by atoms with Crippen molar-refractivity contribution in [1.82, 2.24) is 20.6 Å². The summed E-state index contributed by atoms with van der Waals surface area (Å²) in [6, 6.07) is 8.65. The average molecular weight is 415 g/mol. The van der Waals surface area contributed by atoms with Crippen LogP contribution in [0.25, 0.3) is 0 Å². The molecule has 0 atom stereocenters. The number of aliphatic imine (C=N–C) groups is 1. The first-order chi connectivity index (χ1) is 10.3. The van der Waals surface area contributed by atoms with E-state index < -0.39 is 0 Å². The highest BCUT2D eigenvalue weighted by Gasteiger charge is 2.04. The first-order valence-corrected chi connectivity index (χ1v) is 6.81. The Balaban J connectivity index is 0.00000242. The molecule has 22 heavy (non-hydrogen) atoms. The van der Waals surface area contributed by atoms with Crippen LogP contribution in [-0.2, 0) is 13.1 Å². The fourth-order valence-corrected chi connectivity index (χ4v) is 1.71. The van der Waals surface area contributed by atoms with Crippen molar-refractivity contribution in [3.8, 4) is 0 Å². The van der Waals surface area contributed by atoms with Gasteiger partial charge in [0.2, 0.25) is 0 Å². The van der Waals surface area contributed by atoms with Crippen molar-refractivity contribution in [2.45, 2.75) is 20.0 Å². The molecule has 2 N–H and O–H groups in total. The number of nitrogens with one attached hydrogen (secondary N) is 2. The van der Waals surface area contributed by atoms with Crippen LogP contribution in [0.1, 0.15) is 18.3 Å². The van der Waals surface area contributed by atoms with E-state index >= 15 is 0 Å². The predicted octanol–water partition coefficient (Wildman–Crippen LogP) is 2.49. The van der Waals surface area contributed by atoms with Crippen LogP contribution in [0.5, 0.6) is 0 Å². The number of guanidine groups is 1. The van der Waals surface area contributed by atoms with Gasteiger partial charge in [-0.1, -0.05) is 6.07 Å². The van der Waals surface area contributed by atoms with E-state index in [1.807, 2.05) is 25.1 Å². The molecule has 0 amide bonds. The van der Waals surface area contributed by atoms with Crippen LogP contribution >= 0.6 is 24.0 Å². The molecule has 2 rings (SSSR count). The van der Waals surface area contributed by atoms with Gasteiger partial charge in [0, 0.05) is 18.9 Å². The Labute approximate surface area is 146 Å². The first-order valence-electron chi connectivity index (χ1n) is 6.81. The molecule has 0 aliphatic rings. The highest BCUT2D eigenvalue weighted by Crippen LogP contribution is 2.01. The molecule has 2 aromatic heterocycles. The van der Waals surface area contributed by atoms with Crippen molar-refractivity contribution >= 4 is 29.9 Å². The molecule has 0 aliphatic heterocycles. The summed E-state index contributed by atoms with van der Waals surface area (Å²) in [5, 5.41) is 6.16. The molecule has 0 fully saturated rings. The molecule has 0 aliphatic carbocycles. The number of halogens is 2. The summed E-state index contributed by atoms with van der Waals surface area (Å²) in [5.74, 6) is 0.277. The van der Waals surface area contributed by atoms with Crippen LogP contribution in [0.15, 0.2) is 47.7 Å². The van der Waals surface area contributed by atoms with Crippen LogP contribution in [-0.4, -0.2) is 22.5 Å². The molecule has 0 spiro atoms. The minimum Gasteiger partial charge on any atom is -0.357 e. The van der Waals surface area contributed by atoms with Crippen molar-refractivity contribution in [3.05, 3.63) is 59.9 Å². The SMILES string of the molecule is CCNC(=NCc1ccccn1)NCc1ncccc1F.I. The van der Waals surface area contributed by atoms with Gasteiger partial charge >= 0.3 is 0 Å². The fourth-order valence-electron chi connectivity index (χ4n) is 1.71. The zero-order chi connectivity index (χ0) is 14.9. The minimum absolute atomic E-state index is 0. The van der Waals surface area contributed by atoms with Gasteiger partial charge in [0.1, 0.15) is 5.82 Å². The number of hydrogen-bond donors (Lipinski definition) is 2. The molecule has 0 unspecified atom stereocenters. The van der Waals surface area contributed by atoms with Crippen molar-refractivity contribution in [3.63, 3.8) is 0 Å². The smallest absolute Gasteiger partial charge is 0.191 e. The van der Waals surface area contributed by atoms with Gasteiger partial charge in [0.15, 0.2) is 5.96 Å². The zero-order valence-electron chi connectivity index (χ0n) is 12.3. The van der Waals surface area contributed by atoms with Crippen LogP contribution in [0.3, 0.4) is 0 Å². The van der Waals surface area contributed by atoms with Gasteiger partial charge in [-0.15, -0.1) is 24.0 Å². The summed E-state index contributed by atoms with van der Waals surface area (Å²) in [6.07, 6.45) is 3.30. The summed E-state index contributed by atoms with van der Waals surface area (Å²) in [4.78, 5) is 12.6. The molecule has 0 aromatic carbocycles. The van der Waals surface area contributed by atoms with Gasteiger partial charge in [0.25, 0.3) is 0 Å². The van der Waals surface area contributed by atoms with E-state index in [0.717, 1.165) is 12.2 Å². The number of hydrogen-bond acceptors (Lipinski definition) is 3. The number of pyridine rings is 2. The highest BCUT2D eigenvalue weighted by molar-refractivity contribution is 14.0. The lowest BCUT2D eigenvalue weighted by Gasteiger charge is -2.11. The largest absolute Gasteiger partial charge is 0.357 e. The van der Waals surface area contributed by atoms with E-state index in [-0.39, 0.29) is 36.3 Å². The van der Waals surface area contributed by atoms with Gasteiger partial charge in [-0.05, 0) is 31.2 Å². The summed E-state index contributed by atoms with van der Waals surface area (Å²) in [6.45, 7) is 3.43. The van der Waals surface area contributed by atoms with E-state index in [0.29, 0.717) is 18.2 Å². The number of rotatable bonds is 5. The standard InChI is InChI=1S/C15H18FN5.HI/c1-2-17-15(20-10-12-6-3-4-8-18-12)21-11-14-13(16)7-5-9-19-14;/h3-9H,2,10-11H2,1H3,(H2,17,20,21);1H. The minimum atomic E-state index is -0.328. The Hall–Kier alpha value is -1.77. The molecule has 0 radical (unpaired) electrons. The van der Waals surface area contributed by atoms with Crippen LogP contribution in [0.4, 0.5) is 4.39 Å². The number of aromatic nitrogens is 2. The summed E-state index contributed by atoms with van der Waals surface area (Å²) < 4.78 is 13.5. The lowest BCUT2D eigenvalue weighted by atomic mass is 10.3.